The van der Waals surface area contributed by atoms with Crippen LogP contribution in [-0.2, 0) is 4.79 Å². The SMILES string of the molecule is CC1CC(C)C2CC1CCC2=O. The van der Waals surface area contributed by atoms with E-state index in [1.165, 1.54) is 19.3 Å². The van der Waals surface area contributed by atoms with E-state index in [1.807, 2.05) is 0 Å². The van der Waals surface area contributed by atoms with Gasteiger partial charge in [-0.15, -0.1) is 0 Å². The highest BCUT2D eigenvalue weighted by molar-refractivity contribution is 5.82. The maximum absolute atomic E-state index is 11.5. The predicted octanol–water partition coefficient (Wildman–Crippen LogP) is 2.65. The molecule has 2 saturated carbocycles. The first kappa shape index (κ1) is 8.28. The highest BCUT2D eigenvalue weighted by Crippen LogP contribution is 2.44. The van der Waals surface area contributed by atoms with Crippen LogP contribution in [0.4, 0.5) is 0 Å². The number of hydrogen-bond donors (Lipinski definition) is 0. The summed E-state index contributed by atoms with van der Waals surface area (Å²) in [5.74, 6) is 3.36. The molecular weight excluding hydrogens is 148 g/mol. The average molecular weight is 166 g/mol. The van der Waals surface area contributed by atoms with Crippen LogP contribution in [-0.4, -0.2) is 5.78 Å². The Labute approximate surface area is 74.5 Å². The van der Waals surface area contributed by atoms with Crippen LogP contribution in [0.2, 0.25) is 0 Å². The second kappa shape index (κ2) is 2.86. The minimum absolute atomic E-state index is 0.431. The summed E-state index contributed by atoms with van der Waals surface area (Å²) in [6.45, 7) is 4.60. The number of fused-ring (bicyclic) bond motifs is 2. The van der Waals surface area contributed by atoms with Gasteiger partial charge in [0.05, 0.1) is 0 Å². The molecule has 0 radical (unpaired) electrons. The second-order valence-corrected chi connectivity index (χ2v) is 4.80. The molecule has 1 heteroatoms. The Balaban J connectivity index is 2.14. The van der Waals surface area contributed by atoms with E-state index in [9.17, 15) is 4.79 Å². The monoisotopic (exact) mass is 166 g/mol. The van der Waals surface area contributed by atoms with Gasteiger partial charge in [-0.1, -0.05) is 13.8 Å². The third kappa shape index (κ3) is 1.19. The molecular formula is C11H18O. The minimum atomic E-state index is 0.431. The van der Waals surface area contributed by atoms with Crippen molar-refractivity contribution in [3.8, 4) is 0 Å². The fourth-order valence-corrected chi connectivity index (χ4v) is 3.10. The number of carbonyl (C=O) groups excluding carboxylic acids is 1. The Morgan fingerprint density at radius 1 is 1.17 bits per heavy atom. The Morgan fingerprint density at radius 2 is 1.92 bits per heavy atom. The average Bonchev–Trinajstić information content (AvgIpc) is 2.03. The predicted molar refractivity (Wildman–Crippen MR) is 48.8 cm³/mol. The molecule has 0 amide bonds. The summed E-state index contributed by atoms with van der Waals surface area (Å²) in [4.78, 5) is 11.5. The smallest absolute Gasteiger partial charge is 0.136 e. The van der Waals surface area contributed by atoms with E-state index in [0.29, 0.717) is 17.6 Å². The van der Waals surface area contributed by atoms with Crippen LogP contribution in [0.5, 0.6) is 0 Å². The quantitative estimate of drug-likeness (QED) is 0.540. The van der Waals surface area contributed by atoms with Crippen LogP contribution in [0.3, 0.4) is 0 Å². The van der Waals surface area contributed by atoms with Gasteiger partial charge in [0.2, 0.25) is 0 Å². The summed E-state index contributed by atoms with van der Waals surface area (Å²) < 4.78 is 0. The molecule has 2 rings (SSSR count). The molecule has 2 aliphatic rings. The molecule has 0 heterocycles. The lowest BCUT2D eigenvalue weighted by Crippen LogP contribution is -2.38. The van der Waals surface area contributed by atoms with Crippen LogP contribution in [0, 0.1) is 23.7 Å². The third-order valence-corrected chi connectivity index (χ3v) is 3.97. The first-order chi connectivity index (χ1) is 5.68. The van der Waals surface area contributed by atoms with Crippen molar-refractivity contribution in [1.82, 2.24) is 0 Å². The number of rotatable bonds is 0. The van der Waals surface area contributed by atoms with Crippen LogP contribution in [0.25, 0.3) is 0 Å². The van der Waals surface area contributed by atoms with E-state index in [2.05, 4.69) is 13.8 Å². The van der Waals surface area contributed by atoms with Crippen molar-refractivity contribution >= 4 is 5.78 Å². The maximum atomic E-state index is 11.5. The van der Waals surface area contributed by atoms with Gasteiger partial charge in [-0.05, 0) is 37.0 Å². The molecule has 2 fully saturated rings. The number of carbonyl (C=O) groups is 1. The molecule has 0 aromatic rings. The van der Waals surface area contributed by atoms with Gasteiger partial charge < -0.3 is 0 Å². The fraction of sp³-hybridized carbons (Fsp3) is 0.909. The van der Waals surface area contributed by atoms with Crippen LogP contribution >= 0.6 is 0 Å². The van der Waals surface area contributed by atoms with Crippen LogP contribution < -0.4 is 0 Å². The molecule has 0 aromatic carbocycles. The van der Waals surface area contributed by atoms with Crippen molar-refractivity contribution in [2.45, 2.75) is 39.5 Å². The number of ketones is 1. The van der Waals surface area contributed by atoms with Gasteiger partial charge in [0, 0.05) is 12.3 Å². The standard InChI is InChI=1S/C11H18O/c1-7-5-8(2)10-6-9(7)3-4-11(10)12/h7-10H,3-6H2,1-2H3. The summed E-state index contributed by atoms with van der Waals surface area (Å²) in [5.41, 5.74) is 0. The summed E-state index contributed by atoms with van der Waals surface area (Å²) in [6.07, 6.45) is 4.51. The van der Waals surface area contributed by atoms with Crippen molar-refractivity contribution in [3.63, 3.8) is 0 Å². The lowest BCUT2D eigenvalue weighted by molar-refractivity contribution is -0.130. The lowest BCUT2D eigenvalue weighted by atomic mass is 9.63. The zero-order valence-electron chi connectivity index (χ0n) is 8.05. The molecule has 0 saturated heterocycles. The zero-order valence-corrected chi connectivity index (χ0v) is 8.05. The van der Waals surface area contributed by atoms with Crippen molar-refractivity contribution in [3.05, 3.63) is 0 Å². The molecule has 4 atom stereocenters. The molecule has 0 N–H and O–H groups in total. The van der Waals surface area contributed by atoms with Crippen molar-refractivity contribution in [1.29, 1.82) is 0 Å². The van der Waals surface area contributed by atoms with E-state index < -0.39 is 0 Å². The normalized spacial score (nSPS) is 47.7. The van der Waals surface area contributed by atoms with Crippen molar-refractivity contribution in [2.24, 2.45) is 23.7 Å². The Hall–Kier alpha value is -0.330. The van der Waals surface area contributed by atoms with Gasteiger partial charge in [-0.25, -0.2) is 0 Å². The molecule has 12 heavy (non-hydrogen) atoms. The first-order valence-corrected chi connectivity index (χ1v) is 5.21. The second-order valence-electron chi connectivity index (χ2n) is 4.80. The minimum Gasteiger partial charge on any atom is -0.299 e. The fourth-order valence-electron chi connectivity index (χ4n) is 3.10. The molecule has 0 spiro atoms. The first-order valence-electron chi connectivity index (χ1n) is 5.21. The highest BCUT2D eigenvalue weighted by Gasteiger charge is 2.39. The number of hydrogen-bond acceptors (Lipinski definition) is 1. The van der Waals surface area contributed by atoms with Gasteiger partial charge in [-0.2, -0.15) is 0 Å². The van der Waals surface area contributed by atoms with Gasteiger partial charge in [0.25, 0.3) is 0 Å². The summed E-state index contributed by atoms with van der Waals surface area (Å²) in [5, 5.41) is 0. The summed E-state index contributed by atoms with van der Waals surface area (Å²) in [6, 6.07) is 0. The van der Waals surface area contributed by atoms with E-state index in [0.717, 1.165) is 18.3 Å². The number of Topliss-reactive ketones (excluding diaryl/α,β-unsaturated/α-hetero) is 1. The van der Waals surface area contributed by atoms with E-state index in [4.69, 9.17) is 0 Å². The van der Waals surface area contributed by atoms with Crippen LogP contribution in [0.15, 0.2) is 0 Å². The topological polar surface area (TPSA) is 17.1 Å². The molecule has 4 unspecified atom stereocenters. The summed E-state index contributed by atoms with van der Waals surface area (Å²) >= 11 is 0. The Morgan fingerprint density at radius 3 is 2.67 bits per heavy atom. The largest absolute Gasteiger partial charge is 0.299 e. The van der Waals surface area contributed by atoms with E-state index in [-0.39, 0.29) is 0 Å². The van der Waals surface area contributed by atoms with Gasteiger partial charge in [0.1, 0.15) is 5.78 Å². The molecule has 2 bridgehead atoms. The Kier molecular flexibility index (Phi) is 1.97. The highest BCUT2D eigenvalue weighted by atomic mass is 16.1. The van der Waals surface area contributed by atoms with Gasteiger partial charge in [0.15, 0.2) is 0 Å². The van der Waals surface area contributed by atoms with E-state index >= 15 is 0 Å². The maximum Gasteiger partial charge on any atom is 0.136 e. The Bertz CT molecular complexity index is 197. The lowest BCUT2D eigenvalue weighted by Gasteiger charge is -2.41. The van der Waals surface area contributed by atoms with E-state index in [1.54, 1.807) is 0 Å². The molecule has 0 aliphatic heterocycles. The van der Waals surface area contributed by atoms with Gasteiger partial charge in [-0.3, -0.25) is 4.79 Å². The third-order valence-electron chi connectivity index (χ3n) is 3.97. The van der Waals surface area contributed by atoms with Crippen LogP contribution in [0.1, 0.15) is 39.5 Å². The molecule has 68 valence electrons. The van der Waals surface area contributed by atoms with Crippen molar-refractivity contribution in [2.75, 3.05) is 0 Å². The summed E-state index contributed by atoms with van der Waals surface area (Å²) in [7, 11) is 0. The molecule has 1 nitrogen and oxygen atoms in total. The van der Waals surface area contributed by atoms with Gasteiger partial charge >= 0.3 is 0 Å². The molecule has 0 aromatic heterocycles. The molecule has 2 aliphatic carbocycles. The zero-order chi connectivity index (χ0) is 8.72. The van der Waals surface area contributed by atoms with Crippen molar-refractivity contribution < 1.29 is 4.79 Å².